The largest absolute Gasteiger partial charge is 0.493 e. The van der Waals surface area contributed by atoms with Gasteiger partial charge in [0.25, 0.3) is 0 Å². The van der Waals surface area contributed by atoms with E-state index in [1.165, 1.54) is 12.0 Å². The first-order chi connectivity index (χ1) is 9.28. The van der Waals surface area contributed by atoms with Gasteiger partial charge in [0.2, 0.25) is 0 Å². The summed E-state index contributed by atoms with van der Waals surface area (Å²) in [5, 5.41) is 4.16. The lowest BCUT2D eigenvalue weighted by Gasteiger charge is -2.28. The van der Waals surface area contributed by atoms with E-state index >= 15 is 0 Å². The molecule has 104 valence electrons. The normalized spacial score (nSPS) is 23.2. The Morgan fingerprint density at radius 2 is 2.05 bits per heavy atom. The second kappa shape index (κ2) is 5.59. The van der Waals surface area contributed by atoms with Crippen molar-refractivity contribution in [2.24, 2.45) is 0 Å². The summed E-state index contributed by atoms with van der Waals surface area (Å²) in [6.45, 7) is 2.06. The zero-order valence-electron chi connectivity index (χ0n) is 11.2. The fraction of sp³-hybridized carbons (Fsp3) is 0.600. The van der Waals surface area contributed by atoms with Crippen LogP contribution in [0.1, 0.15) is 37.2 Å². The highest BCUT2D eigenvalue weighted by Crippen LogP contribution is 2.40. The van der Waals surface area contributed by atoms with Gasteiger partial charge in [-0.2, -0.15) is 0 Å². The number of rotatable bonds is 4. The van der Waals surface area contributed by atoms with Gasteiger partial charge in [-0.05, 0) is 49.8 Å². The van der Waals surface area contributed by atoms with Crippen molar-refractivity contribution < 1.29 is 9.47 Å². The molecule has 1 N–H and O–H groups in total. The van der Waals surface area contributed by atoms with E-state index in [2.05, 4.69) is 11.4 Å². The van der Waals surface area contributed by atoms with Gasteiger partial charge in [0.05, 0.1) is 13.2 Å². The van der Waals surface area contributed by atoms with Crippen LogP contribution in [0, 0.1) is 0 Å². The molecule has 4 heteroatoms. The van der Waals surface area contributed by atoms with Crippen molar-refractivity contribution in [2.75, 3.05) is 20.2 Å². The summed E-state index contributed by atoms with van der Waals surface area (Å²) in [5.74, 6) is 2.08. The van der Waals surface area contributed by atoms with E-state index in [-0.39, 0.29) is 0 Å². The van der Waals surface area contributed by atoms with Gasteiger partial charge in [0.15, 0.2) is 11.5 Å². The van der Waals surface area contributed by atoms with Crippen LogP contribution >= 0.6 is 11.6 Å². The van der Waals surface area contributed by atoms with Crippen LogP contribution in [0.25, 0.3) is 0 Å². The summed E-state index contributed by atoms with van der Waals surface area (Å²) in [6.07, 6.45) is 5.04. The summed E-state index contributed by atoms with van der Waals surface area (Å²) < 4.78 is 11.4. The molecule has 0 radical (unpaired) electrons. The van der Waals surface area contributed by atoms with Crippen molar-refractivity contribution in [1.29, 1.82) is 0 Å². The molecule has 1 aliphatic heterocycles. The molecule has 0 spiro atoms. The van der Waals surface area contributed by atoms with Gasteiger partial charge in [-0.15, -0.1) is 0 Å². The molecule has 1 saturated carbocycles. The zero-order chi connectivity index (χ0) is 13.2. The average molecular weight is 282 g/mol. The Balaban J connectivity index is 1.88. The van der Waals surface area contributed by atoms with E-state index in [0.717, 1.165) is 48.9 Å². The van der Waals surface area contributed by atoms with E-state index in [9.17, 15) is 0 Å². The van der Waals surface area contributed by atoms with Crippen molar-refractivity contribution in [3.63, 3.8) is 0 Å². The van der Waals surface area contributed by atoms with Crippen molar-refractivity contribution in [3.8, 4) is 11.5 Å². The summed E-state index contributed by atoms with van der Waals surface area (Å²) in [4.78, 5) is 0. The van der Waals surface area contributed by atoms with Gasteiger partial charge < -0.3 is 14.8 Å². The second-order valence-corrected chi connectivity index (χ2v) is 5.79. The van der Waals surface area contributed by atoms with E-state index < -0.39 is 0 Å². The first kappa shape index (κ1) is 13.1. The number of hydrogen-bond acceptors (Lipinski definition) is 3. The van der Waals surface area contributed by atoms with Crippen molar-refractivity contribution in [3.05, 3.63) is 22.7 Å². The molecule has 2 fully saturated rings. The molecule has 1 aromatic carbocycles. The fourth-order valence-electron chi connectivity index (χ4n) is 2.70. The Labute approximate surface area is 119 Å². The van der Waals surface area contributed by atoms with Crippen LogP contribution in [0.5, 0.6) is 11.5 Å². The third kappa shape index (κ3) is 2.67. The first-order valence-electron chi connectivity index (χ1n) is 7.02. The van der Waals surface area contributed by atoms with Crippen molar-refractivity contribution >= 4 is 11.6 Å². The van der Waals surface area contributed by atoms with Crippen LogP contribution in [0.2, 0.25) is 5.02 Å². The molecule has 1 unspecified atom stereocenters. The molecular formula is C15H20ClNO2. The highest BCUT2D eigenvalue weighted by Gasteiger charge is 2.24. The van der Waals surface area contributed by atoms with E-state index in [4.69, 9.17) is 21.1 Å². The number of ether oxygens (including phenoxy) is 2. The minimum atomic E-state index is 0.352. The lowest BCUT2D eigenvalue weighted by Crippen LogP contribution is -2.24. The minimum Gasteiger partial charge on any atom is -0.493 e. The molecule has 1 heterocycles. The van der Waals surface area contributed by atoms with Gasteiger partial charge >= 0.3 is 0 Å². The summed E-state index contributed by atoms with van der Waals surface area (Å²) >= 11 is 6.38. The maximum absolute atomic E-state index is 6.38. The second-order valence-electron chi connectivity index (χ2n) is 5.39. The van der Waals surface area contributed by atoms with Gasteiger partial charge in [-0.3, -0.25) is 0 Å². The third-order valence-electron chi connectivity index (χ3n) is 4.13. The van der Waals surface area contributed by atoms with Gasteiger partial charge in [-0.25, -0.2) is 0 Å². The Hall–Kier alpha value is -0.930. The molecule has 0 aromatic heterocycles. The SMILES string of the molecule is COc1cc(Cl)c(C2CCNC2)cc1OC1CCC1. The predicted octanol–water partition coefficient (Wildman–Crippen LogP) is 3.36. The number of nitrogens with one attached hydrogen (secondary N) is 1. The number of hydrogen-bond donors (Lipinski definition) is 1. The quantitative estimate of drug-likeness (QED) is 0.918. The number of halogens is 1. The number of methoxy groups -OCH3 is 1. The van der Waals surface area contributed by atoms with E-state index in [0.29, 0.717) is 12.0 Å². The predicted molar refractivity (Wildman–Crippen MR) is 76.5 cm³/mol. The van der Waals surface area contributed by atoms with Crippen molar-refractivity contribution in [1.82, 2.24) is 5.32 Å². The molecule has 19 heavy (non-hydrogen) atoms. The molecule has 2 aliphatic rings. The van der Waals surface area contributed by atoms with Gasteiger partial charge in [-0.1, -0.05) is 11.6 Å². The minimum absolute atomic E-state index is 0.352. The van der Waals surface area contributed by atoms with Crippen LogP contribution in [0.15, 0.2) is 12.1 Å². The molecule has 1 atom stereocenters. The Morgan fingerprint density at radius 1 is 1.21 bits per heavy atom. The number of benzene rings is 1. The van der Waals surface area contributed by atoms with E-state index in [1.54, 1.807) is 7.11 Å². The van der Waals surface area contributed by atoms with E-state index in [1.807, 2.05) is 6.07 Å². The monoisotopic (exact) mass is 281 g/mol. The molecular weight excluding hydrogens is 262 g/mol. The fourth-order valence-corrected chi connectivity index (χ4v) is 3.01. The molecule has 0 bridgehead atoms. The summed E-state index contributed by atoms with van der Waals surface area (Å²) in [6, 6.07) is 3.97. The smallest absolute Gasteiger partial charge is 0.162 e. The highest BCUT2D eigenvalue weighted by atomic mass is 35.5. The Kier molecular flexibility index (Phi) is 3.85. The maximum atomic E-state index is 6.38. The molecule has 3 nitrogen and oxygen atoms in total. The molecule has 0 amide bonds. The van der Waals surface area contributed by atoms with Gasteiger partial charge in [0.1, 0.15) is 0 Å². The Morgan fingerprint density at radius 3 is 2.63 bits per heavy atom. The standard InChI is InChI=1S/C15H20ClNO2/c1-18-14-8-13(16)12(10-5-6-17-9-10)7-15(14)19-11-3-2-4-11/h7-8,10-11,17H,2-6,9H2,1H3. The van der Waals surface area contributed by atoms with Crippen molar-refractivity contribution in [2.45, 2.75) is 37.7 Å². The first-order valence-corrected chi connectivity index (χ1v) is 7.40. The van der Waals surface area contributed by atoms with Crippen LogP contribution in [0.3, 0.4) is 0 Å². The molecule has 1 aromatic rings. The summed E-state index contributed by atoms with van der Waals surface area (Å²) in [5.41, 5.74) is 1.18. The Bertz CT molecular complexity index is 454. The molecule has 3 rings (SSSR count). The summed E-state index contributed by atoms with van der Waals surface area (Å²) in [7, 11) is 1.66. The lowest BCUT2D eigenvalue weighted by molar-refractivity contribution is 0.116. The highest BCUT2D eigenvalue weighted by molar-refractivity contribution is 6.31. The third-order valence-corrected chi connectivity index (χ3v) is 4.46. The van der Waals surface area contributed by atoms with Crippen LogP contribution < -0.4 is 14.8 Å². The topological polar surface area (TPSA) is 30.5 Å². The molecule has 1 aliphatic carbocycles. The van der Waals surface area contributed by atoms with Crippen LogP contribution in [-0.2, 0) is 0 Å². The zero-order valence-corrected chi connectivity index (χ0v) is 12.0. The maximum Gasteiger partial charge on any atom is 0.162 e. The molecule has 1 saturated heterocycles. The van der Waals surface area contributed by atoms with Crippen LogP contribution in [-0.4, -0.2) is 26.3 Å². The van der Waals surface area contributed by atoms with Crippen LogP contribution in [0.4, 0.5) is 0 Å². The average Bonchev–Trinajstić information content (AvgIpc) is 2.88. The lowest BCUT2D eigenvalue weighted by atomic mass is 9.95. The van der Waals surface area contributed by atoms with Gasteiger partial charge in [0, 0.05) is 17.6 Å².